The molecule has 0 aliphatic heterocycles. The van der Waals surface area contributed by atoms with Crippen LogP contribution >= 0.6 is 0 Å². The normalized spacial score (nSPS) is 8.56. The van der Waals surface area contributed by atoms with E-state index in [9.17, 15) is 4.79 Å². The molecule has 4 heteroatoms. The molecule has 85 valence electrons. The molecule has 1 radical (unpaired) electrons. The van der Waals surface area contributed by atoms with E-state index in [1.807, 2.05) is 25.1 Å². The predicted molar refractivity (Wildman–Crippen MR) is 55.9 cm³/mol. The second kappa shape index (κ2) is 11.3. The first kappa shape index (κ1) is 18.2. The number of unbranched alkanes of at least 4 members (excludes halogenated alkanes) is 2. The summed E-state index contributed by atoms with van der Waals surface area (Å²) >= 11 is 0. The van der Waals surface area contributed by atoms with Gasteiger partial charge in [0, 0.05) is 19.5 Å². The number of halogens is 1. The van der Waals surface area contributed by atoms with Crippen molar-refractivity contribution < 1.29 is 46.0 Å². The third kappa shape index (κ3) is 7.13. The average Bonchev–Trinajstić information content (AvgIpc) is 2.25. The fraction of sp³-hybridized carbons (Fsp3) is 0.333. The summed E-state index contributed by atoms with van der Waals surface area (Å²) in [6, 6.07) is 9.05. The van der Waals surface area contributed by atoms with Crippen LogP contribution in [0.15, 0.2) is 30.3 Å². The zero-order valence-electron chi connectivity index (χ0n) is 9.49. The summed E-state index contributed by atoms with van der Waals surface area (Å²) in [7, 11) is 0. The van der Waals surface area contributed by atoms with Crippen molar-refractivity contribution >= 4 is 5.97 Å². The third-order valence-electron chi connectivity index (χ3n) is 1.88. The molecule has 0 saturated carbocycles. The summed E-state index contributed by atoms with van der Waals surface area (Å²) in [6.45, 7) is 2.50. The molecule has 0 bridgehead atoms. The van der Waals surface area contributed by atoms with Gasteiger partial charge >= 0.3 is 5.97 Å². The molecule has 1 aromatic rings. The molecule has 0 amide bonds. The van der Waals surface area contributed by atoms with Crippen molar-refractivity contribution in [3.8, 4) is 0 Å². The summed E-state index contributed by atoms with van der Waals surface area (Å²) in [5.41, 5.74) is 0.618. The van der Waals surface area contributed by atoms with Crippen molar-refractivity contribution in [1.29, 1.82) is 0 Å². The van der Waals surface area contributed by atoms with Crippen LogP contribution in [0.4, 0.5) is 0 Å². The molecule has 0 aliphatic rings. The minimum atomic E-state index is -0.235. The van der Waals surface area contributed by atoms with E-state index < -0.39 is 0 Å². The molecule has 0 fully saturated rings. The van der Waals surface area contributed by atoms with Gasteiger partial charge in [0.1, 0.15) is 0 Å². The minimum absolute atomic E-state index is 0. The van der Waals surface area contributed by atoms with Gasteiger partial charge in [-0.05, 0) is 31.4 Å². The van der Waals surface area contributed by atoms with Gasteiger partial charge in [-0.3, -0.25) is 0 Å². The fourth-order valence-corrected chi connectivity index (χ4v) is 1.11. The Morgan fingerprint density at radius 1 is 1.31 bits per heavy atom. The average molecular weight is 337 g/mol. The maximum atomic E-state index is 11.4. The van der Waals surface area contributed by atoms with Crippen LogP contribution in [0, 0.1) is 6.42 Å². The summed E-state index contributed by atoms with van der Waals surface area (Å²) in [5, 5.41) is 0. The number of esters is 1. The smallest absolute Gasteiger partial charge is 0.338 e. The number of ether oxygens (including phenoxy) is 1. The molecule has 0 N–H and O–H groups in total. The maximum Gasteiger partial charge on any atom is 0.338 e. The molecule has 0 spiro atoms. The molecule has 1 rings (SSSR count). The van der Waals surface area contributed by atoms with Crippen molar-refractivity contribution in [3.05, 3.63) is 42.3 Å². The van der Waals surface area contributed by atoms with Crippen LogP contribution in [0.2, 0.25) is 0 Å². The Bertz CT molecular complexity index is 278. The van der Waals surface area contributed by atoms with Crippen LogP contribution in [0.3, 0.4) is 0 Å². The van der Waals surface area contributed by atoms with Gasteiger partial charge < -0.3 is 21.7 Å². The van der Waals surface area contributed by atoms with Gasteiger partial charge in [-0.15, -0.1) is 0 Å². The van der Waals surface area contributed by atoms with Crippen LogP contribution in [0.1, 0.15) is 30.1 Å². The summed E-state index contributed by atoms with van der Waals surface area (Å²) < 4.78 is 5.07. The largest absolute Gasteiger partial charge is 1.00 e. The molecule has 16 heavy (non-hydrogen) atoms. The Morgan fingerprint density at radius 2 is 1.94 bits per heavy atom. The molecular weight excluding hydrogens is 321 g/mol. The van der Waals surface area contributed by atoms with Crippen LogP contribution in [0.5, 0.6) is 0 Å². The Balaban J connectivity index is 0. The molecule has 2 nitrogen and oxygen atoms in total. The van der Waals surface area contributed by atoms with E-state index in [0.717, 1.165) is 12.8 Å². The van der Waals surface area contributed by atoms with Crippen molar-refractivity contribution in [2.75, 3.05) is 6.61 Å². The molecule has 0 heterocycles. The Hall–Kier alpha value is -0.207. The predicted octanol–water partition coefficient (Wildman–Crippen LogP) is -0.151. The standard InChI is InChI=1S/C12H15O2.BrH.Zn/c1-2-3-7-10-14-12(13)11-8-5-4-6-9-11;;/h2,4-6,8-9H,3,7,10H2,1H3;1H;/p-1. The molecular formula is C12H15BrO2Zn-. The van der Waals surface area contributed by atoms with Crippen LogP contribution < -0.4 is 17.0 Å². The third-order valence-corrected chi connectivity index (χ3v) is 1.88. The molecule has 1 aromatic carbocycles. The van der Waals surface area contributed by atoms with E-state index in [-0.39, 0.29) is 42.4 Å². The van der Waals surface area contributed by atoms with Gasteiger partial charge in [0.25, 0.3) is 0 Å². The van der Waals surface area contributed by atoms with Gasteiger partial charge in [0.15, 0.2) is 0 Å². The van der Waals surface area contributed by atoms with Crippen molar-refractivity contribution in [2.24, 2.45) is 0 Å². The van der Waals surface area contributed by atoms with Crippen molar-refractivity contribution in [2.45, 2.75) is 19.8 Å². The Morgan fingerprint density at radius 3 is 2.50 bits per heavy atom. The van der Waals surface area contributed by atoms with Crippen LogP contribution in [0.25, 0.3) is 0 Å². The second-order valence-electron chi connectivity index (χ2n) is 3.05. The van der Waals surface area contributed by atoms with Crippen molar-refractivity contribution in [1.82, 2.24) is 0 Å². The van der Waals surface area contributed by atoms with E-state index in [1.54, 1.807) is 12.1 Å². The summed E-state index contributed by atoms with van der Waals surface area (Å²) in [5.74, 6) is -0.235. The number of rotatable bonds is 5. The quantitative estimate of drug-likeness (QED) is 0.425. The minimum Gasteiger partial charge on any atom is -1.00 e. The number of carbonyl (C=O) groups is 1. The van der Waals surface area contributed by atoms with Crippen LogP contribution in [-0.2, 0) is 24.2 Å². The summed E-state index contributed by atoms with van der Waals surface area (Å²) in [4.78, 5) is 11.4. The van der Waals surface area contributed by atoms with E-state index in [1.165, 1.54) is 0 Å². The zero-order chi connectivity index (χ0) is 10.2. The van der Waals surface area contributed by atoms with E-state index in [2.05, 4.69) is 6.42 Å². The molecule has 0 atom stereocenters. The molecule has 0 aromatic heterocycles. The Kier molecular flexibility index (Phi) is 12.8. The number of hydrogen-bond acceptors (Lipinski definition) is 2. The SMILES string of the molecule is C[CH]CCCOC(=O)c1ccccc1.[Br-].[Zn]. The maximum absolute atomic E-state index is 11.4. The molecule has 0 unspecified atom stereocenters. The van der Waals surface area contributed by atoms with E-state index in [0.29, 0.717) is 12.2 Å². The van der Waals surface area contributed by atoms with Gasteiger partial charge in [-0.2, -0.15) is 0 Å². The number of benzene rings is 1. The first-order valence-electron chi connectivity index (χ1n) is 4.84. The number of carbonyl (C=O) groups excluding carboxylic acids is 1. The van der Waals surface area contributed by atoms with Gasteiger partial charge in [-0.25, -0.2) is 4.79 Å². The first-order chi connectivity index (χ1) is 6.84. The monoisotopic (exact) mass is 334 g/mol. The van der Waals surface area contributed by atoms with Gasteiger partial charge in [-0.1, -0.05) is 25.1 Å². The molecule has 0 saturated heterocycles. The van der Waals surface area contributed by atoms with Gasteiger partial charge in [0.2, 0.25) is 0 Å². The van der Waals surface area contributed by atoms with Crippen LogP contribution in [-0.4, -0.2) is 12.6 Å². The number of hydrogen-bond donors (Lipinski definition) is 0. The fourth-order valence-electron chi connectivity index (χ4n) is 1.11. The van der Waals surface area contributed by atoms with E-state index in [4.69, 9.17) is 4.74 Å². The van der Waals surface area contributed by atoms with E-state index >= 15 is 0 Å². The Labute approximate surface area is 120 Å². The van der Waals surface area contributed by atoms with Crippen molar-refractivity contribution in [3.63, 3.8) is 0 Å². The van der Waals surface area contributed by atoms with Gasteiger partial charge in [0.05, 0.1) is 12.2 Å². The molecule has 0 aliphatic carbocycles. The topological polar surface area (TPSA) is 26.3 Å². The second-order valence-corrected chi connectivity index (χ2v) is 3.05. The summed E-state index contributed by atoms with van der Waals surface area (Å²) in [6.07, 6.45) is 3.95. The zero-order valence-corrected chi connectivity index (χ0v) is 14.0. The first-order valence-corrected chi connectivity index (χ1v) is 4.84.